The molecule has 3 aromatic carbocycles. The molecule has 1 heterocycles. The number of rotatable bonds is 9. The molecule has 0 atom stereocenters. The van der Waals surface area contributed by atoms with Crippen LogP contribution in [-0.2, 0) is 22.7 Å². The van der Waals surface area contributed by atoms with Crippen LogP contribution in [0.4, 0.5) is 9.18 Å². The van der Waals surface area contributed by atoms with Crippen molar-refractivity contribution in [2.75, 3.05) is 13.7 Å². The summed E-state index contributed by atoms with van der Waals surface area (Å²) in [4.78, 5) is 30.4. The first-order valence-corrected chi connectivity index (χ1v) is 11.9. The standard InChI is InChI=1S/C29H27FN2O6/c1-19-15-24(13-14-25(19)30)38-29(34)32(17-27(33)35-3)16-21-9-11-23(12-10-21)36-18-26-20(2)37-28(31-26)22-7-5-4-6-8-22/h4-15H,16-18H2,1-3H3. The summed E-state index contributed by atoms with van der Waals surface area (Å²) in [5.41, 5.74) is 2.65. The lowest BCUT2D eigenvalue weighted by atomic mass is 10.2. The van der Waals surface area contributed by atoms with E-state index in [0.29, 0.717) is 28.7 Å². The summed E-state index contributed by atoms with van der Waals surface area (Å²) in [6, 6.07) is 20.7. The minimum absolute atomic E-state index is 0.0806. The maximum Gasteiger partial charge on any atom is 0.416 e. The van der Waals surface area contributed by atoms with E-state index in [-0.39, 0.29) is 25.4 Å². The Morgan fingerprint density at radius 3 is 2.37 bits per heavy atom. The highest BCUT2D eigenvalue weighted by atomic mass is 19.1. The van der Waals surface area contributed by atoms with Crippen molar-refractivity contribution in [2.24, 2.45) is 0 Å². The number of methoxy groups -OCH3 is 1. The van der Waals surface area contributed by atoms with Gasteiger partial charge in [0.2, 0.25) is 5.89 Å². The zero-order valence-electron chi connectivity index (χ0n) is 21.3. The second kappa shape index (κ2) is 12.1. The van der Waals surface area contributed by atoms with Crippen molar-refractivity contribution in [1.29, 1.82) is 0 Å². The first-order chi connectivity index (χ1) is 18.3. The molecule has 0 aliphatic carbocycles. The highest BCUT2D eigenvalue weighted by molar-refractivity contribution is 5.79. The first-order valence-electron chi connectivity index (χ1n) is 11.9. The largest absolute Gasteiger partial charge is 0.487 e. The van der Waals surface area contributed by atoms with Crippen molar-refractivity contribution < 1.29 is 32.6 Å². The number of amides is 1. The summed E-state index contributed by atoms with van der Waals surface area (Å²) < 4.78 is 35.3. The lowest BCUT2D eigenvalue weighted by Gasteiger charge is -2.21. The third-order valence-electron chi connectivity index (χ3n) is 5.73. The lowest BCUT2D eigenvalue weighted by Crippen LogP contribution is -2.37. The van der Waals surface area contributed by atoms with Crippen molar-refractivity contribution in [3.8, 4) is 23.0 Å². The van der Waals surface area contributed by atoms with Crippen molar-refractivity contribution >= 4 is 12.1 Å². The van der Waals surface area contributed by atoms with E-state index in [2.05, 4.69) is 4.98 Å². The number of nitrogens with zero attached hydrogens (tertiary/aromatic N) is 2. The summed E-state index contributed by atoms with van der Waals surface area (Å²) in [6.45, 7) is 3.39. The van der Waals surface area contributed by atoms with Crippen molar-refractivity contribution in [1.82, 2.24) is 9.88 Å². The number of carbonyl (C=O) groups is 2. The lowest BCUT2D eigenvalue weighted by molar-refractivity contribution is -0.141. The molecule has 8 nitrogen and oxygen atoms in total. The fourth-order valence-electron chi connectivity index (χ4n) is 3.58. The van der Waals surface area contributed by atoms with Gasteiger partial charge in [-0.3, -0.25) is 9.69 Å². The van der Waals surface area contributed by atoms with E-state index < -0.39 is 17.9 Å². The van der Waals surface area contributed by atoms with Gasteiger partial charge in [-0.2, -0.15) is 0 Å². The Labute approximate surface area is 219 Å². The fourth-order valence-corrected chi connectivity index (χ4v) is 3.58. The van der Waals surface area contributed by atoms with Crippen LogP contribution >= 0.6 is 0 Å². The van der Waals surface area contributed by atoms with Crippen molar-refractivity contribution in [3.05, 3.63) is 101 Å². The minimum atomic E-state index is -0.766. The average Bonchev–Trinajstić information content (AvgIpc) is 3.30. The zero-order valence-corrected chi connectivity index (χ0v) is 21.3. The number of carbonyl (C=O) groups excluding carboxylic acids is 2. The monoisotopic (exact) mass is 518 g/mol. The van der Waals surface area contributed by atoms with Gasteiger partial charge in [0.05, 0.1) is 7.11 Å². The predicted molar refractivity (Wildman–Crippen MR) is 137 cm³/mol. The highest BCUT2D eigenvalue weighted by Crippen LogP contribution is 2.23. The Hall–Kier alpha value is -4.66. The smallest absolute Gasteiger partial charge is 0.416 e. The molecular weight excluding hydrogens is 491 g/mol. The maximum absolute atomic E-state index is 13.5. The molecule has 0 bridgehead atoms. The van der Waals surface area contributed by atoms with Crippen molar-refractivity contribution in [2.45, 2.75) is 27.0 Å². The normalized spacial score (nSPS) is 10.6. The van der Waals surface area contributed by atoms with Gasteiger partial charge in [0, 0.05) is 12.1 Å². The molecule has 4 aromatic rings. The molecule has 0 aliphatic rings. The minimum Gasteiger partial charge on any atom is -0.487 e. The van der Waals surface area contributed by atoms with E-state index in [9.17, 15) is 14.0 Å². The molecule has 1 amide bonds. The summed E-state index contributed by atoms with van der Waals surface area (Å²) in [6.07, 6.45) is -0.766. The quantitative estimate of drug-likeness (QED) is 0.257. The van der Waals surface area contributed by atoms with Crippen LogP contribution in [0.2, 0.25) is 0 Å². The number of halogens is 1. The number of oxazole rings is 1. The average molecular weight is 519 g/mol. The van der Waals surface area contributed by atoms with E-state index in [1.165, 1.54) is 30.2 Å². The molecule has 38 heavy (non-hydrogen) atoms. The van der Waals surface area contributed by atoms with E-state index >= 15 is 0 Å². The summed E-state index contributed by atoms with van der Waals surface area (Å²) in [5, 5.41) is 0. The summed E-state index contributed by atoms with van der Waals surface area (Å²) >= 11 is 0. The molecule has 0 fully saturated rings. The van der Waals surface area contributed by atoms with Gasteiger partial charge in [-0.1, -0.05) is 30.3 Å². The Kier molecular flexibility index (Phi) is 8.37. The molecule has 0 spiro atoms. The molecule has 0 aliphatic heterocycles. The van der Waals surface area contributed by atoms with E-state index in [1.807, 2.05) is 37.3 Å². The van der Waals surface area contributed by atoms with Crippen LogP contribution in [0.3, 0.4) is 0 Å². The second-order valence-electron chi connectivity index (χ2n) is 8.53. The number of aromatic nitrogens is 1. The van der Waals surface area contributed by atoms with Crippen LogP contribution in [-0.4, -0.2) is 35.6 Å². The number of hydrogen-bond donors (Lipinski definition) is 0. The molecule has 0 unspecified atom stereocenters. The van der Waals surface area contributed by atoms with Gasteiger partial charge in [0.1, 0.15) is 41.9 Å². The first kappa shape index (κ1) is 26.4. The summed E-state index contributed by atoms with van der Waals surface area (Å²) in [5.74, 6) is 0.968. The number of ether oxygens (including phenoxy) is 3. The molecule has 9 heteroatoms. The summed E-state index contributed by atoms with van der Waals surface area (Å²) in [7, 11) is 1.24. The van der Waals surface area contributed by atoms with E-state index in [0.717, 1.165) is 11.1 Å². The van der Waals surface area contributed by atoms with Crippen molar-refractivity contribution in [3.63, 3.8) is 0 Å². The topological polar surface area (TPSA) is 91.1 Å². The molecule has 0 radical (unpaired) electrons. The second-order valence-corrected chi connectivity index (χ2v) is 8.53. The predicted octanol–water partition coefficient (Wildman–Crippen LogP) is 5.85. The number of aryl methyl sites for hydroxylation is 2. The fraction of sp³-hybridized carbons (Fsp3) is 0.207. The molecule has 0 saturated heterocycles. The molecular formula is C29H27FN2O6. The third-order valence-corrected chi connectivity index (χ3v) is 5.73. The highest BCUT2D eigenvalue weighted by Gasteiger charge is 2.21. The van der Waals surface area contributed by atoms with Gasteiger partial charge < -0.3 is 18.6 Å². The van der Waals surface area contributed by atoms with Crippen LogP contribution in [0.25, 0.3) is 11.5 Å². The van der Waals surface area contributed by atoms with Crippen LogP contribution < -0.4 is 9.47 Å². The third kappa shape index (κ3) is 6.76. The Balaban J connectivity index is 1.39. The van der Waals surface area contributed by atoms with Gasteiger partial charge in [-0.25, -0.2) is 14.2 Å². The Morgan fingerprint density at radius 1 is 0.974 bits per heavy atom. The SMILES string of the molecule is COC(=O)CN(Cc1ccc(OCc2nc(-c3ccccc3)oc2C)cc1)C(=O)Oc1ccc(F)c(C)c1. The molecule has 196 valence electrons. The van der Waals surface area contributed by atoms with Gasteiger partial charge in [-0.15, -0.1) is 0 Å². The molecule has 1 aromatic heterocycles. The van der Waals surface area contributed by atoms with Gasteiger partial charge in [0.15, 0.2) is 0 Å². The number of esters is 1. The van der Waals surface area contributed by atoms with Crippen LogP contribution in [0.5, 0.6) is 11.5 Å². The number of benzene rings is 3. The van der Waals surface area contributed by atoms with E-state index in [4.69, 9.17) is 18.6 Å². The molecule has 0 N–H and O–H groups in total. The Bertz CT molecular complexity index is 1400. The van der Waals surface area contributed by atoms with E-state index in [1.54, 1.807) is 31.2 Å². The molecule has 4 rings (SSSR count). The maximum atomic E-state index is 13.5. The van der Waals surface area contributed by atoms with Crippen LogP contribution in [0.1, 0.15) is 22.6 Å². The van der Waals surface area contributed by atoms with Crippen LogP contribution in [0, 0.1) is 19.7 Å². The zero-order chi connectivity index (χ0) is 27.1. The van der Waals surface area contributed by atoms with Crippen LogP contribution in [0.15, 0.2) is 77.2 Å². The van der Waals surface area contributed by atoms with Gasteiger partial charge in [-0.05, 0) is 67.4 Å². The number of hydrogen-bond acceptors (Lipinski definition) is 7. The van der Waals surface area contributed by atoms with Gasteiger partial charge >= 0.3 is 12.1 Å². The molecule has 0 saturated carbocycles. The van der Waals surface area contributed by atoms with Gasteiger partial charge in [0.25, 0.3) is 0 Å². The Morgan fingerprint density at radius 2 is 1.68 bits per heavy atom.